The van der Waals surface area contributed by atoms with Crippen molar-refractivity contribution < 1.29 is 9.50 Å². The average molecular weight is 249 g/mol. The second-order valence-corrected chi connectivity index (χ2v) is 4.28. The molecule has 2 aromatic rings. The predicted octanol–water partition coefficient (Wildman–Crippen LogP) is 1.69. The van der Waals surface area contributed by atoms with Gasteiger partial charge in [0.1, 0.15) is 5.82 Å². The first-order valence-corrected chi connectivity index (χ1v) is 5.68. The summed E-state index contributed by atoms with van der Waals surface area (Å²) in [5.74, 6) is -0.326. The van der Waals surface area contributed by atoms with Crippen LogP contribution in [0.2, 0.25) is 0 Å². The molecule has 0 saturated heterocycles. The Balaban J connectivity index is 2.25. The highest BCUT2D eigenvalue weighted by Crippen LogP contribution is 2.24. The minimum Gasteiger partial charge on any atom is -0.392 e. The van der Waals surface area contributed by atoms with E-state index < -0.39 is 0 Å². The lowest BCUT2D eigenvalue weighted by atomic mass is 10.1. The molecule has 1 aromatic heterocycles. The van der Waals surface area contributed by atoms with E-state index in [0.29, 0.717) is 17.8 Å². The maximum absolute atomic E-state index is 13.8. The van der Waals surface area contributed by atoms with Crippen LogP contribution in [-0.2, 0) is 20.2 Å². The van der Waals surface area contributed by atoms with Gasteiger partial charge in [0.15, 0.2) is 0 Å². The molecule has 96 valence electrons. The van der Waals surface area contributed by atoms with E-state index in [0.717, 1.165) is 5.56 Å². The fourth-order valence-corrected chi connectivity index (χ4v) is 2.02. The van der Waals surface area contributed by atoms with Crippen molar-refractivity contribution in [2.75, 3.05) is 11.9 Å². The zero-order valence-corrected chi connectivity index (χ0v) is 10.5. The molecule has 0 fully saturated rings. The van der Waals surface area contributed by atoms with Crippen molar-refractivity contribution in [3.8, 4) is 0 Å². The number of halogens is 1. The Morgan fingerprint density at radius 2 is 2.22 bits per heavy atom. The summed E-state index contributed by atoms with van der Waals surface area (Å²) in [6.45, 7) is 0.367. The molecule has 0 amide bonds. The number of anilines is 1. The third-order valence-corrected chi connectivity index (χ3v) is 2.80. The van der Waals surface area contributed by atoms with Gasteiger partial charge in [-0.2, -0.15) is 5.10 Å². The Labute approximate surface area is 105 Å². The number of aliphatic hydroxyl groups excluding tert-OH is 1. The van der Waals surface area contributed by atoms with E-state index in [9.17, 15) is 9.50 Å². The molecule has 0 saturated carbocycles. The first-order chi connectivity index (χ1) is 8.61. The van der Waals surface area contributed by atoms with Crippen LogP contribution < -0.4 is 4.90 Å². The predicted molar refractivity (Wildman–Crippen MR) is 67.6 cm³/mol. The van der Waals surface area contributed by atoms with Gasteiger partial charge in [0.25, 0.3) is 0 Å². The highest BCUT2D eigenvalue weighted by Gasteiger charge is 2.13. The summed E-state index contributed by atoms with van der Waals surface area (Å²) in [7, 11) is 3.64. The van der Waals surface area contributed by atoms with Crippen LogP contribution in [0.5, 0.6) is 0 Å². The molecule has 0 spiro atoms. The monoisotopic (exact) mass is 249 g/mol. The number of aromatic nitrogens is 2. The first kappa shape index (κ1) is 12.6. The number of aliphatic hydroxyl groups is 1. The molecule has 0 aliphatic carbocycles. The van der Waals surface area contributed by atoms with Crippen molar-refractivity contribution in [1.82, 2.24) is 9.78 Å². The van der Waals surface area contributed by atoms with Gasteiger partial charge in [-0.05, 0) is 6.07 Å². The van der Waals surface area contributed by atoms with Crippen LogP contribution in [-0.4, -0.2) is 21.9 Å². The standard InChI is InChI=1S/C13H16FN3O/c1-16(7-10-6-15-17(2)8-10)13-11(9-18)4-3-5-12(13)14/h3-6,8,18H,7,9H2,1-2H3. The van der Waals surface area contributed by atoms with E-state index in [4.69, 9.17) is 0 Å². The number of para-hydroxylation sites is 1. The Hall–Kier alpha value is -1.88. The van der Waals surface area contributed by atoms with Crippen molar-refractivity contribution in [3.63, 3.8) is 0 Å². The van der Waals surface area contributed by atoms with Gasteiger partial charge in [-0.25, -0.2) is 4.39 Å². The average Bonchev–Trinajstić information content (AvgIpc) is 2.74. The van der Waals surface area contributed by atoms with E-state index in [1.807, 2.05) is 13.2 Å². The number of benzene rings is 1. The molecule has 1 heterocycles. The summed E-state index contributed by atoms with van der Waals surface area (Å²) in [4.78, 5) is 1.78. The summed E-state index contributed by atoms with van der Waals surface area (Å²) in [6.07, 6.45) is 3.63. The maximum atomic E-state index is 13.8. The summed E-state index contributed by atoms with van der Waals surface area (Å²) < 4.78 is 15.5. The number of nitrogens with zero attached hydrogens (tertiary/aromatic N) is 3. The highest BCUT2D eigenvalue weighted by molar-refractivity contribution is 5.54. The van der Waals surface area contributed by atoms with Gasteiger partial charge in [0.05, 0.1) is 18.5 Å². The summed E-state index contributed by atoms with van der Waals surface area (Å²) in [5, 5.41) is 13.3. The van der Waals surface area contributed by atoms with Gasteiger partial charge in [-0.3, -0.25) is 4.68 Å². The Bertz CT molecular complexity index is 539. The topological polar surface area (TPSA) is 41.3 Å². The van der Waals surface area contributed by atoms with Crippen molar-refractivity contribution in [2.45, 2.75) is 13.2 Å². The van der Waals surface area contributed by atoms with Crippen molar-refractivity contribution in [1.29, 1.82) is 0 Å². The first-order valence-electron chi connectivity index (χ1n) is 5.68. The summed E-state index contributed by atoms with van der Waals surface area (Å²) in [5.41, 5.74) is 2.01. The molecular weight excluding hydrogens is 233 g/mol. The normalized spacial score (nSPS) is 10.7. The molecule has 0 aliphatic rings. The van der Waals surface area contributed by atoms with Crippen LogP contribution in [0.1, 0.15) is 11.1 Å². The minimum absolute atomic E-state index is 0.176. The molecule has 1 N–H and O–H groups in total. The molecule has 0 unspecified atom stereocenters. The van der Waals surface area contributed by atoms with Crippen molar-refractivity contribution >= 4 is 5.69 Å². The quantitative estimate of drug-likeness (QED) is 0.896. The van der Waals surface area contributed by atoms with Gasteiger partial charge in [-0.1, -0.05) is 12.1 Å². The van der Waals surface area contributed by atoms with Crippen LogP contribution in [0.3, 0.4) is 0 Å². The van der Waals surface area contributed by atoms with Crippen LogP contribution in [0.25, 0.3) is 0 Å². The van der Waals surface area contributed by atoms with Gasteiger partial charge >= 0.3 is 0 Å². The summed E-state index contributed by atoms with van der Waals surface area (Å²) >= 11 is 0. The van der Waals surface area contributed by atoms with E-state index >= 15 is 0 Å². The molecule has 0 atom stereocenters. The second kappa shape index (κ2) is 5.18. The molecular formula is C13H16FN3O. The second-order valence-electron chi connectivity index (χ2n) is 4.28. The van der Waals surface area contributed by atoms with Gasteiger partial charge in [-0.15, -0.1) is 0 Å². The van der Waals surface area contributed by atoms with Crippen LogP contribution in [0.4, 0.5) is 10.1 Å². The highest BCUT2D eigenvalue weighted by atomic mass is 19.1. The molecule has 18 heavy (non-hydrogen) atoms. The lowest BCUT2D eigenvalue weighted by Gasteiger charge is -2.21. The van der Waals surface area contributed by atoms with E-state index in [1.54, 1.807) is 35.0 Å². The molecule has 2 rings (SSSR count). The molecule has 4 nitrogen and oxygen atoms in total. The van der Waals surface area contributed by atoms with Crippen molar-refractivity contribution in [2.24, 2.45) is 7.05 Å². The zero-order chi connectivity index (χ0) is 13.1. The largest absolute Gasteiger partial charge is 0.392 e. The fraction of sp³-hybridized carbons (Fsp3) is 0.308. The van der Waals surface area contributed by atoms with Gasteiger partial charge < -0.3 is 10.0 Å². The van der Waals surface area contributed by atoms with Crippen molar-refractivity contribution in [3.05, 3.63) is 47.5 Å². The maximum Gasteiger partial charge on any atom is 0.146 e. The van der Waals surface area contributed by atoms with Crippen LogP contribution in [0.15, 0.2) is 30.6 Å². The van der Waals surface area contributed by atoms with Crippen LogP contribution >= 0.6 is 0 Å². The number of rotatable bonds is 4. The lowest BCUT2D eigenvalue weighted by Crippen LogP contribution is -2.19. The smallest absolute Gasteiger partial charge is 0.146 e. The Morgan fingerprint density at radius 1 is 1.44 bits per heavy atom. The van der Waals surface area contributed by atoms with Crippen LogP contribution in [0, 0.1) is 5.82 Å². The van der Waals surface area contributed by atoms with Gasteiger partial charge in [0.2, 0.25) is 0 Å². The minimum atomic E-state index is -0.326. The molecule has 5 heteroatoms. The summed E-state index contributed by atoms with van der Waals surface area (Å²) in [6, 6.07) is 4.72. The van der Waals surface area contributed by atoms with E-state index in [2.05, 4.69) is 5.10 Å². The fourth-order valence-electron chi connectivity index (χ4n) is 2.02. The molecule has 0 bridgehead atoms. The third-order valence-electron chi connectivity index (χ3n) is 2.80. The van der Waals surface area contributed by atoms with E-state index in [-0.39, 0.29) is 12.4 Å². The molecule has 1 aromatic carbocycles. The SMILES string of the molecule is CN(Cc1cnn(C)c1)c1c(F)cccc1CO. The van der Waals surface area contributed by atoms with E-state index in [1.165, 1.54) is 6.07 Å². The zero-order valence-electron chi connectivity index (χ0n) is 10.5. The molecule has 0 radical (unpaired) electrons. The number of aryl methyl sites for hydroxylation is 1. The Morgan fingerprint density at radius 3 is 2.83 bits per heavy atom. The Kier molecular flexibility index (Phi) is 3.62. The van der Waals surface area contributed by atoms with Gasteiger partial charge in [0, 0.05) is 38.0 Å². The lowest BCUT2D eigenvalue weighted by molar-refractivity contribution is 0.281. The number of hydrogen-bond donors (Lipinski definition) is 1. The number of hydrogen-bond acceptors (Lipinski definition) is 3. The third kappa shape index (κ3) is 2.51. The molecule has 0 aliphatic heterocycles.